The molecular formula is C23H24ClN3. The van der Waals surface area contributed by atoms with Crippen LogP contribution >= 0.6 is 11.6 Å². The van der Waals surface area contributed by atoms with E-state index in [0.717, 1.165) is 31.0 Å². The zero-order valence-corrected chi connectivity index (χ0v) is 16.1. The van der Waals surface area contributed by atoms with Crippen LogP contribution in [0.4, 0.5) is 0 Å². The summed E-state index contributed by atoms with van der Waals surface area (Å²) in [7, 11) is 0. The fourth-order valence-electron chi connectivity index (χ4n) is 4.54. The molecule has 2 N–H and O–H groups in total. The fourth-order valence-corrected chi connectivity index (χ4v) is 4.67. The van der Waals surface area contributed by atoms with Gasteiger partial charge in [0.05, 0.1) is 6.20 Å². The van der Waals surface area contributed by atoms with E-state index in [-0.39, 0.29) is 5.41 Å². The lowest BCUT2D eigenvalue weighted by molar-refractivity contribution is 0.362. The molecular weight excluding hydrogens is 354 g/mol. The number of hydrogen-bond acceptors (Lipinski definition) is 2. The number of benzene rings is 2. The van der Waals surface area contributed by atoms with E-state index < -0.39 is 0 Å². The van der Waals surface area contributed by atoms with E-state index in [1.165, 1.54) is 40.8 Å². The zero-order chi connectivity index (χ0) is 18.3. The van der Waals surface area contributed by atoms with E-state index in [1.807, 2.05) is 18.3 Å². The summed E-state index contributed by atoms with van der Waals surface area (Å²) in [4.78, 5) is 0. The number of aromatic nitrogens is 2. The van der Waals surface area contributed by atoms with Gasteiger partial charge >= 0.3 is 0 Å². The first-order chi connectivity index (χ1) is 13.3. The summed E-state index contributed by atoms with van der Waals surface area (Å²) in [6.07, 6.45) is 6.74. The van der Waals surface area contributed by atoms with Gasteiger partial charge in [0.2, 0.25) is 0 Å². The van der Waals surface area contributed by atoms with Gasteiger partial charge in [-0.2, -0.15) is 5.10 Å². The van der Waals surface area contributed by atoms with Crippen molar-refractivity contribution in [1.29, 1.82) is 0 Å². The molecule has 27 heavy (non-hydrogen) atoms. The summed E-state index contributed by atoms with van der Waals surface area (Å²) in [6.45, 7) is 2.08. The summed E-state index contributed by atoms with van der Waals surface area (Å²) >= 11 is 6.14. The highest BCUT2D eigenvalue weighted by Crippen LogP contribution is 2.44. The summed E-state index contributed by atoms with van der Waals surface area (Å²) in [5, 5.41) is 11.8. The molecule has 1 aliphatic heterocycles. The van der Waals surface area contributed by atoms with E-state index in [4.69, 9.17) is 11.6 Å². The Labute approximate surface area is 165 Å². The van der Waals surface area contributed by atoms with Gasteiger partial charge in [0.1, 0.15) is 0 Å². The van der Waals surface area contributed by atoms with Gasteiger partial charge in [-0.3, -0.25) is 5.10 Å². The minimum atomic E-state index is 0.0596. The van der Waals surface area contributed by atoms with Crippen LogP contribution < -0.4 is 5.32 Å². The van der Waals surface area contributed by atoms with Crippen LogP contribution in [0.2, 0.25) is 5.02 Å². The van der Waals surface area contributed by atoms with Crippen molar-refractivity contribution in [2.24, 2.45) is 0 Å². The number of H-pyrrole nitrogens is 1. The summed E-state index contributed by atoms with van der Waals surface area (Å²) in [5.74, 6) is 0.673. The molecule has 4 heteroatoms. The number of aromatic amines is 1. The lowest BCUT2D eigenvalue weighted by Gasteiger charge is -2.39. The molecule has 0 atom stereocenters. The number of rotatable bonds is 4. The minimum Gasteiger partial charge on any atom is -0.317 e. The van der Waals surface area contributed by atoms with Gasteiger partial charge in [-0.05, 0) is 67.6 Å². The molecule has 0 radical (unpaired) electrons. The first-order valence-electron chi connectivity index (χ1n) is 9.87. The quantitative estimate of drug-likeness (QED) is 0.649. The van der Waals surface area contributed by atoms with Gasteiger partial charge in [0, 0.05) is 27.6 Å². The van der Waals surface area contributed by atoms with E-state index in [0.29, 0.717) is 5.92 Å². The average Bonchev–Trinajstić information content (AvgIpc) is 3.45. The normalized spacial score (nSPS) is 19.1. The third kappa shape index (κ3) is 3.09. The lowest BCUT2D eigenvalue weighted by Crippen LogP contribution is -2.40. The molecule has 2 fully saturated rings. The largest absolute Gasteiger partial charge is 0.317 e. The van der Waals surface area contributed by atoms with E-state index in [9.17, 15) is 0 Å². The number of hydrogen-bond donors (Lipinski definition) is 2. The third-order valence-electron chi connectivity index (χ3n) is 6.26. The second-order valence-corrected chi connectivity index (χ2v) is 8.32. The van der Waals surface area contributed by atoms with Crippen LogP contribution in [0.5, 0.6) is 0 Å². The highest BCUT2D eigenvalue weighted by molar-refractivity contribution is 6.30. The van der Waals surface area contributed by atoms with Gasteiger partial charge in [-0.15, -0.1) is 0 Å². The van der Waals surface area contributed by atoms with Crippen LogP contribution in [0.25, 0.3) is 11.1 Å². The molecule has 1 aromatic heterocycles. The Balaban J connectivity index is 1.52. The molecule has 0 bridgehead atoms. The first kappa shape index (κ1) is 17.0. The second kappa shape index (κ2) is 6.81. The highest BCUT2D eigenvalue weighted by atomic mass is 35.5. The van der Waals surface area contributed by atoms with Crippen molar-refractivity contribution in [1.82, 2.24) is 15.5 Å². The maximum Gasteiger partial charge on any atom is 0.0568 e. The van der Waals surface area contributed by atoms with E-state index in [2.05, 4.69) is 51.9 Å². The molecule has 3 aromatic rings. The third-order valence-corrected chi connectivity index (χ3v) is 6.51. The topological polar surface area (TPSA) is 40.7 Å². The van der Waals surface area contributed by atoms with Gasteiger partial charge < -0.3 is 5.32 Å². The molecule has 1 saturated heterocycles. The van der Waals surface area contributed by atoms with Crippen molar-refractivity contribution in [3.05, 3.63) is 76.6 Å². The molecule has 2 heterocycles. The van der Waals surface area contributed by atoms with Crippen molar-refractivity contribution in [2.45, 2.75) is 37.0 Å². The minimum absolute atomic E-state index is 0.0596. The fraction of sp³-hybridized carbons (Fsp3) is 0.348. The van der Waals surface area contributed by atoms with E-state index in [1.54, 1.807) is 0 Å². The standard InChI is InChI=1S/C23H24ClN3/c24-20-9-7-19(8-10-20)23(11-13-25-14-12-23)18-5-3-16(4-6-18)21-15-26-27-22(21)17-1-2-17/h3-10,15,17,25H,1-2,11-14H2,(H,26,27). The van der Waals surface area contributed by atoms with Gasteiger partial charge in [-0.1, -0.05) is 48.0 Å². The molecule has 3 nitrogen and oxygen atoms in total. The maximum atomic E-state index is 6.14. The van der Waals surface area contributed by atoms with Crippen molar-refractivity contribution >= 4 is 11.6 Å². The van der Waals surface area contributed by atoms with Crippen LogP contribution in [0.3, 0.4) is 0 Å². The van der Waals surface area contributed by atoms with Crippen molar-refractivity contribution in [3.63, 3.8) is 0 Å². The Bertz CT molecular complexity index is 917. The molecule has 0 amide bonds. The summed E-state index contributed by atoms with van der Waals surface area (Å²) < 4.78 is 0. The number of nitrogens with zero attached hydrogens (tertiary/aromatic N) is 1. The SMILES string of the molecule is Clc1ccc(C2(c3ccc(-c4cn[nH]c4C4CC4)cc3)CCNCC2)cc1. The summed E-state index contributed by atoms with van der Waals surface area (Å²) in [6, 6.07) is 17.6. The van der Waals surface area contributed by atoms with Gasteiger partial charge in [-0.25, -0.2) is 0 Å². The Morgan fingerprint density at radius 1 is 0.889 bits per heavy atom. The van der Waals surface area contributed by atoms with Crippen LogP contribution in [0.1, 0.15) is 48.4 Å². The van der Waals surface area contributed by atoms with Crippen LogP contribution in [0, 0.1) is 0 Å². The monoisotopic (exact) mass is 377 g/mol. The Kier molecular flexibility index (Phi) is 4.30. The molecule has 138 valence electrons. The predicted octanol–water partition coefficient (Wildman–Crippen LogP) is 5.28. The Morgan fingerprint density at radius 2 is 1.52 bits per heavy atom. The van der Waals surface area contributed by atoms with Crippen molar-refractivity contribution in [3.8, 4) is 11.1 Å². The number of piperidine rings is 1. The van der Waals surface area contributed by atoms with Crippen LogP contribution in [-0.4, -0.2) is 23.3 Å². The first-order valence-corrected chi connectivity index (χ1v) is 10.2. The van der Waals surface area contributed by atoms with Crippen molar-refractivity contribution < 1.29 is 0 Å². The lowest BCUT2D eigenvalue weighted by atomic mass is 9.68. The highest BCUT2D eigenvalue weighted by Gasteiger charge is 2.35. The molecule has 1 aliphatic carbocycles. The Hall–Kier alpha value is -2.10. The average molecular weight is 378 g/mol. The zero-order valence-electron chi connectivity index (χ0n) is 15.3. The molecule has 1 saturated carbocycles. The maximum absolute atomic E-state index is 6.14. The van der Waals surface area contributed by atoms with Gasteiger partial charge in [0.25, 0.3) is 0 Å². The van der Waals surface area contributed by atoms with Crippen LogP contribution in [-0.2, 0) is 5.41 Å². The van der Waals surface area contributed by atoms with Crippen molar-refractivity contribution in [2.75, 3.05) is 13.1 Å². The molecule has 0 unspecified atom stereocenters. The second-order valence-electron chi connectivity index (χ2n) is 7.89. The summed E-state index contributed by atoms with van der Waals surface area (Å²) in [5.41, 5.74) is 6.64. The van der Waals surface area contributed by atoms with Gasteiger partial charge in [0.15, 0.2) is 0 Å². The molecule has 2 aromatic carbocycles. The molecule has 0 spiro atoms. The Morgan fingerprint density at radius 3 is 2.15 bits per heavy atom. The predicted molar refractivity (Wildman–Crippen MR) is 110 cm³/mol. The van der Waals surface area contributed by atoms with Crippen LogP contribution in [0.15, 0.2) is 54.7 Å². The number of halogens is 1. The molecule has 5 rings (SSSR count). The number of nitrogens with one attached hydrogen (secondary N) is 2. The van der Waals surface area contributed by atoms with E-state index >= 15 is 0 Å². The molecule has 2 aliphatic rings. The smallest absolute Gasteiger partial charge is 0.0568 e.